The number of rotatable bonds is 5. The molecule has 0 aliphatic carbocycles. The van der Waals surface area contributed by atoms with Gasteiger partial charge in [-0.1, -0.05) is 0 Å². The van der Waals surface area contributed by atoms with Gasteiger partial charge in [-0.2, -0.15) is 0 Å². The molecule has 1 heterocycles. The lowest BCUT2D eigenvalue weighted by Crippen LogP contribution is -2.37. The zero-order chi connectivity index (χ0) is 10.6. The van der Waals surface area contributed by atoms with Gasteiger partial charge >= 0.3 is 0 Å². The van der Waals surface area contributed by atoms with Gasteiger partial charge < -0.3 is 10.1 Å². The Bertz CT molecular complexity index is 259. The number of hydrogen-bond acceptors (Lipinski definition) is 4. The van der Waals surface area contributed by atoms with Gasteiger partial charge in [0.1, 0.15) is 0 Å². The summed E-state index contributed by atoms with van der Waals surface area (Å²) in [7, 11) is 1.74. The molecule has 0 fully saturated rings. The van der Waals surface area contributed by atoms with Crippen molar-refractivity contribution in [3.63, 3.8) is 0 Å². The summed E-state index contributed by atoms with van der Waals surface area (Å²) in [5.41, 5.74) is 1.74. The molecule has 0 radical (unpaired) electrons. The number of hydrogen-bond donors (Lipinski definition) is 1. The number of methoxy groups -OCH3 is 1. The molecule has 1 N–H and O–H groups in total. The van der Waals surface area contributed by atoms with Crippen molar-refractivity contribution < 1.29 is 4.74 Å². The minimum atomic E-state index is -0.112. The van der Waals surface area contributed by atoms with Crippen molar-refractivity contribution in [2.45, 2.75) is 32.4 Å². The maximum atomic E-state index is 5.33. The lowest BCUT2D eigenvalue weighted by Gasteiger charge is -2.25. The molecule has 4 heteroatoms. The third-order valence-electron chi connectivity index (χ3n) is 2.26. The molecule has 1 unspecified atom stereocenters. The van der Waals surface area contributed by atoms with Crippen LogP contribution in [0.4, 0.5) is 0 Å². The number of nitrogens with zero attached hydrogens (tertiary/aromatic N) is 1. The van der Waals surface area contributed by atoms with E-state index in [1.165, 1.54) is 4.88 Å². The molecule has 1 atom stereocenters. The molecule has 3 nitrogen and oxygen atoms in total. The quantitative estimate of drug-likeness (QED) is 0.816. The minimum absolute atomic E-state index is 0.112. The molecule has 1 rings (SSSR count). The Labute approximate surface area is 89.5 Å². The molecule has 0 spiro atoms. The molecule has 0 saturated heterocycles. The van der Waals surface area contributed by atoms with Crippen LogP contribution in [0.5, 0.6) is 0 Å². The topological polar surface area (TPSA) is 34.1 Å². The Hall–Kier alpha value is -0.450. The first-order valence-corrected chi connectivity index (χ1v) is 5.60. The number of thiazole rings is 1. The van der Waals surface area contributed by atoms with Crippen LogP contribution in [0, 0.1) is 0 Å². The summed E-state index contributed by atoms with van der Waals surface area (Å²) in [6.45, 7) is 7.11. The van der Waals surface area contributed by atoms with E-state index in [0.717, 1.165) is 6.54 Å². The van der Waals surface area contributed by atoms with Crippen LogP contribution in [0.2, 0.25) is 0 Å². The molecule has 1 aromatic rings. The predicted molar refractivity (Wildman–Crippen MR) is 59.6 cm³/mol. The van der Waals surface area contributed by atoms with E-state index in [2.05, 4.69) is 31.1 Å². The van der Waals surface area contributed by atoms with Gasteiger partial charge in [0.2, 0.25) is 0 Å². The first-order valence-electron chi connectivity index (χ1n) is 4.72. The van der Waals surface area contributed by atoms with E-state index in [-0.39, 0.29) is 5.60 Å². The molecule has 0 aliphatic rings. The van der Waals surface area contributed by atoms with Crippen molar-refractivity contribution in [1.82, 2.24) is 10.3 Å². The molecule has 0 bridgehead atoms. The van der Waals surface area contributed by atoms with Crippen LogP contribution in [-0.2, 0) is 4.74 Å². The summed E-state index contributed by atoms with van der Waals surface area (Å²) in [5.74, 6) is 0. The maximum absolute atomic E-state index is 5.33. The van der Waals surface area contributed by atoms with Gasteiger partial charge in [0, 0.05) is 30.8 Å². The van der Waals surface area contributed by atoms with E-state index in [1.807, 2.05) is 11.7 Å². The average Bonchev–Trinajstić information content (AvgIpc) is 2.67. The summed E-state index contributed by atoms with van der Waals surface area (Å²) in [6, 6.07) is 0.344. The monoisotopic (exact) mass is 214 g/mol. The number of nitrogens with one attached hydrogen (secondary N) is 1. The van der Waals surface area contributed by atoms with Crippen molar-refractivity contribution in [3.8, 4) is 0 Å². The highest BCUT2D eigenvalue weighted by Crippen LogP contribution is 2.17. The average molecular weight is 214 g/mol. The van der Waals surface area contributed by atoms with Gasteiger partial charge in [-0.15, -0.1) is 11.3 Å². The van der Waals surface area contributed by atoms with Crippen LogP contribution in [0.3, 0.4) is 0 Å². The van der Waals surface area contributed by atoms with Crippen molar-refractivity contribution >= 4 is 11.3 Å². The summed E-state index contributed by atoms with van der Waals surface area (Å²) >= 11 is 1.67. The molecule has 0 aromatic carbocycles. The zero-order valence-electron chi connectivity index (χ0n) is 9.20. The zero-order valence-corrected chi connectivity index (χ0v) is 10.0. The smallest absolute Gasteiger partial charge is 0.0794 e. The second-order valence-corrected chi connectivity index (χ2v) is 4.89. The van der Waals surface area contributed by atoms with Crippen LogP contribution >= 0.6 is 11.3 Å². The van der Waals surface area contributed by atoms with Crippen LogP contribution < -0.4 is 5.32 Å². The van der Waals surface area contributed by atoms with E-state index in [9.17, 15) is 0 Å². The Balaban J connectivity index is 2.39. The predicted octanol–water partition coefficient (Wildman–Crippen LogP) is 2.22. The summed E-state index contributed by atoms with van der Waals surface area (Å²) in [5, 5.41) is 3.42. The van der Waals surface area contributed by atoms with Gasteiger partial charge in [-0.25, -0.2) is 0 Å². The van der Waals surface area contributed by atoms with Crippen molar-refractivity contribution in [1.29, 1.82) is 0 Å². The molecule has 0 saturated carbocycles. The fraction of sp³-hybridized carbons (Fsp3) is 0.700. The first kappa shape index (κ1) is 11.6. The van der Waals surface area contributed by atoms with Gasteiger partial charge in [-0.05, 0) is 20.8 Å². The highest BCUT2D eigenvalue weighted by atomic mass is 32.1. The van der Waals surface area contributed by atoms with E-state index in [0.29, 0.717) is 6.04 Å². The lowest BCUT2D eigenvalue weighted by atomic mass is 10.1. The molecule has 0 amide bonds. The number of aromatic nitrogens is 1. The fourth-order valence-electron chi connectivity index (χ4n) is 1.01. The Morgan fingerprint density at radius 2 is 2.36 bits per heavy atom. The highest BCUT2D eigenvalue weighted by Gasteiger charge is 2.17. The van der Waals surface area contributed by atoms with Crippen LogP contribution in [0.15, 0.2) is 11.7 Å². The van der Waals surface area contributed by atoms with Crippen LogP contribution in [-0.4, -0.2) is 24.2 Å². The molecule has 80 valence electrons. The van der Waals surface area contributed by atoms with Crippen molar-refractivity contribution in [2.75, 3.05) is 13.7 Å². The fourth-order valence-corrected chi connectivity index (χ4v) is 1.66. The van der Waals surface area contributed by atoms with Gasteiger partial charge in [0.25, 0.3) is 0 Å². The van der Waals surface area contributed by atoms with E-state index >= 15 is 0 Å². The summed E-state index contributed by atoms with van der Waals surface area (Å²) in [6.07, 6.45) is 1.90. The van der Waals surface area contributed by atoms with Crippen molar-refractivity contribution in [3.05, 3.63) is 16.6 Å². The normalized spacial score (nSPS) is 14.3. The second kappa shape index (κ2) is 4.87. The molecule has 1 aromatic heterocycles. The third-order valence-corrected chi connectivity index (χ3v) is 3.22. The highest BCUT2D eigenvalue weighted by molar-refractivity contribution is 7.09. The lowest BCUT2D eigenvalue weighted by molar-refractivity contribution is 0.0215. The van der Waals surface area contributed by atoms with Crippen LogP contribution in [0.25, 0.3) is 0 Å². The number of ether oxygens (including phenoxy) is 1. The molecular formula is C10H18N2OS. The summed E-state index contributed by atoms with van der Waals surface area (Å²) < 4.78 is 5.33. The largest absolute Gasteiger partial charge is 0.377 e. The van der Waals surface area contributed by atoms with Gasteiger partial charge in [-0.3, -0.25) is 4.98 Å². The first-order chi connectivity index (χ1) is 6.55. The molecule has 0 aliphatic heterocycles. The third kappa shape index (κ3) is 3.36. The SMILES string of the molecule is COC(C)(C)CNC(C)c1cncs1. The van der Waals surface area contributed by atoms with Gasteiger partial charge in [0.05, 0.1) is 11.1 Å². The molecule has 14 heavy (non-hydrogen) atoms. The Morgan fingerprint density at radius 3 is 2.86 bits per heavy atom. The van der Waals surface area contributed by atoms with Crippen molar-refractivity contribution in [2.24, 2.45) is 0 Å². The Morgan fingerprint density at radius 1 is 1.64 bits per heavy atom. The van der Waals surface area contributed by atoms with E-state index in [1.54, 1.807) is 18.4 Å². The molecular weight excluding hydrogens is 196 g/mol. The maximum Gasteiger partial charge on any atom is 0.0794 e. The van der Waals surface area contributed by atoms with E-state index in [4.69, 9.17) is 4.74 Å². The Kier molecular flexibility index (Phi) is 4.04. The standard InChI is InChI=1S/C10H18N2OS/c1-8(9-5-11-7-14-9)12-6-10(2,3)13-4/h5,7-8,12H,6H2,1-4H3. The second-order valence-electron chi connectivity index (χ2n) is 3.97. The van der Waals surface area contributed by atoms with Gasteiger partial charge in [0.15, 0.2) is 0 Å². The minimum Gasteiger partial charge on any atom is -0.377 e. The van der Waals surface area contributed by atoms with E-state index < -0.39 is 0 Å². The van der Waals surface area contributed by atoms with Crippen LogP contribution in [0.1, 0.15) is 31.7 Å². The summed E-state index contributed by atoms with van der Waals surface area (Å²) in [4.78, 5) is 5.32.